The first-order valence-corrected chi connectivity index (χ1v) is 13.9. The second kappa shape index (κ2) is 28.8. The lowest BCUT2D eigenvalue weighted by Crippen LogP contribution is -3.00. The van der Waals surface area contributed by atoms with Crippen LogP contribution < -0.4 is 18.1 Å². The normalized spacial score (nSPS) is 10.9. The van der Waals surface area contributed by atoms with Gasteiger partial charge in [0, 0.05) is 6.42 Å². The van der Waals surface area contributed by atoms with E-state index in [1.165, 1.54) is 129 Å². The van der Waals surface area contributed by atoms with Gasteiger partial charge in [0.1, 0.15) is 0 Å². The second-order valence-corrected chi connectivity index (χ2v) is 10.6. The molecule has 0 unspecified atom stereocenters. The molecule has 0 saturated heterocycles. The van der Waals surface area contributed by atoms with Crippen LogP contribution in [0.5, 0.6) is 0 Å². The van der Waals surface area contributed by atoms with Crippen LogP contribution in [0.15, 0.2) is 0 Å². The van der Waals surface area contributed by atoms with E-state index in [9.17, 15) is 4.79 Å². The highest BCUT2D eigenvalue weighted by molar-refractivity contribution is 5.73. The molecule has 0 fully saturated rings. The van der Waals surface area contributed by atoms with E-state index in [0.29, 0.717) is 6.42 Å². The summed E-state index contributed by atoms with van der Waals surface area (Å²) in [5, 5.41) is 0. The summed E-state index contributed by atoms with van der Waals surface area (Å²) in [5.74, 6) is -0.151. The predicted octanol–water partition coefficient (Wildman–Crippen LogP) is 5.40. The van der Waals surface area contributed by atoms with Gasteiger partial charge >= 0.3 is 0 Å². The van der Waals surface area contributed by atoms with Crippen molar-refractivity contribution in [3.63, 3.8) is 0 Å². The third-order valence-corrected chi connectivity index (χ3v) is 5.92. The molecule has 1 amide bonds. The van der Waals surface area contributed by atoms with Crippen molar-refractivity contribution < 1.29 is 21.7 Å². The summed E-state index contributed by atoms with van der Waals surface area (Å²) in [6.45, 7) is 5.78. The van der Waals surface area contributed by atoms with Crippen molar-refractivity contribution >= 4 is 5.91 Å². The minimum Gasteiger partial charge on any atom is -1.00 e. The van der Waals surface area contributed by atoms with E-state index in [0.717, 1.165) is 10.9 Å². The monoisotopic (exact) mass is 476 g/mol. The van der Waals surface area contributed by atoms with Crippen LogP contribution in [0.2, 0.25) is 0 Å². The Bertz CT molecular complexity index is 356. The zero-order valence-corrected chi connectivity index (χ0v) is 23.6. The Kier molecular flexibility index (Phi) is 32.6. The van der Waals surface area contributed by atoms with Gasteiger partial charge in [-0.1, -0.05) is 129 Å². The number of quaternary nitrogens is 1. The van der Waals surface area contributed by atoms with Gasteiger partial charge in [-0.25, -0.2) is 0 Å². The second-order valence-electron chi connectivity index (χ2n) is 10.6. The largest absolute Gasteiger partial charge is 1.00 e. The van der Waals surface area contributed by atoms with Crippen LogP contribution in [-0.2, 0) is 4.79 Å². The molecule has 4 heteroatoms. The fourth-order valence-corrected chi connectivity index (χ4v) is 4.05. The van der Waals surface area contributed by atoms with E-state index < -0.39 is 0 Å². The zero-order chi connectivity index (χ0) is 23.6. The zero-order valence-electron chi connectivity index (χ0n) is 22.9. The molecule has 196 valence electrons. The topological polar surface area (TPSA) is 43.1 Å². The highest BCUT2D eigenvalue weighted by Crippen LogP contribution is 2.14. The molecule has 0 bridgehead atoms. The number of hydrogen-bond acceptors (Lipinski definition) is 1. The molecule has 32 heavy (non-hydrogen) atoms. The molecule has 0 spiro atoms. The first-order valence-electron chi connectivity index (χ1n) is 13.9. The Morgan fingerprint density at radius 3 is 1.00 bits per heavy atom. The lowest BCUT2D eigenvalue weighted by atomic mass is 10.0. The van der Waals surface area contributed by atoms with Crippen LogP contribution in [0.3, 0.4) is 0 Å². The van der Waals surface area contributed by atoms with E-state index in [4.69, 9.17) is 5.73 Å². The number of unbranched alkanes of at least 4 members (excludes halogenated alkanes) is 18. The molecule has 0 saturated carbocycles. The van der Waals surface area contributed by atoms with Crippen LogP contribution in [0.4, 0.5) is 0 Å². The summed E-state index contributed by atoms with van der Waals surface area (Å²) >= 11 is 0. The summed E-state index contributed by atoms with van der Waals surface area (Å²) < 4.78 is 1.09. The predicted molar refractivity (Wildman–Crippen MR) is 140 cm³/mol. The van der Waals surface area contributed by atoms with Crippen molar-refractivity contribution in [2.24, 2.45) is 5.73 Å². The Balaban J connectivity index is -0.000000903. The summed E-state index contributed by atoms with van der Waals surface area (Å²) in [6.07, 6.45) is 28.1. The Morgan fingerprint density at radius 2 is 0.812 bits per heavy atom. The number of carbonyl (C=O) groups is 1. The van der Waals surface area contributed by atoms with Crippen molar-refractivity contribution in [2.75, 3.05) is 27.7 Å². The molecule has 0 rings (SSSR count). The van der Waals surface area contributed by atoms with Gasteiger partial charge in [-0.05, 0) is 12.8 Å². The maximum atomic E-state index is 10.6. The summed E-state index contributed by atoms with van der Waals surface area (Å²) in [4.78, 5) is 10.6. The van der Waals surface area contributed by atoms with E-state index in [-0.39, 0.29) is 18.3 Å². The van der Waals surface area contributed by atoms with Gasteiger partial charge < -0.3 is 22.6 Å². The number of hydrogen-bond donors (Lipinski definition) is 1. The number of nitrogens with zero attached hydrogens (tertiary/aromatic N) is 1. The molecule has 0 aliphatic carbocycles. The van der Waals surface area contributed by atoms with Gasteiger partial charge in [0.2, 0.25) is 5.91 Å². The molecule has 0 heterocycles. The Hall–Kier alpha value is -0.280. The summed E-state index contributed by atoms with van der Waals surface area (Å²) in [6, 6.07) is 0. The van der Waals surface area contributed by atoms with Crippen LogP contribution in [0.25, 0.3) is 0 Å². The highest BCUT2D eigenvalue weighted by atomic mass is 35.5. The molecule has 0 aromatic carbocycles. The van der Waals surface area contributed by atoms with Crippen LogP contribution in [0, 0.1) is 0 Å². The lowest BCUT2D eigenvalue weighted by Gasteiger charge is -2.22. The van der Waals surface area contributed by atoms with Gasteiger partial charge in [-0.3, -0.25) is 4.79 Å². The molecule has 2 N–H and O–H groups in total. The van der Waals surface area contributed by atoms with Crippen molar-refractivity contribution in [3.8, 4) is 0 Å². The molecule has 3 nitrogen and oxygen atoms in total. The fourth-order valence-electron chi connectivity index (χ4n) is 4.05. The Morgan fingerprint density at radius 1 is 0.531 bits per heavy atom. The molecule has 0 aliphatic heterocycles. The van der Waals surface area contributed by atoms with Gasteiger partial charge in [0.25, 0.3) is 0 Å². The molecule has 0 radical (unpaired) electrons. The number of nitrogens with two attached hydrogens (primary N) is 1. The summed E-state index contributed by atoms with van der Waals surface area (Å²) in [5.41, 5.74) is 5.13. The highest BCUT2D eigenvalue weighted by Gasteiger charge is 2.01. The van der Waals surface area contributed by atoms with Crippen molar-refractivity contribution in [1.29, 1.82) is 0 Å². The molecular formula is C28H61ClN2O. The SMILES string of the molecule is CCCCCCCCCCCCCCCCCCCCCC(N)=O.CCC[N+](C)(C)C.[Cl-]. The number of primary amides is 1. The first kappa shape index (κ1) is 36.3. The van der Waals surface area contributed by atoms with Crippen LogP contribution in [0.1, 0.15) is 149 Å². The molecule has 0 aliphatic rings. The van der Waals surface area contributed by atoms with Crippen LogP contribution in [-0.4, -0.2) is 38.1 Å². The third-order valence-electron chi connectivity index (χ3n) is 5.92. The maximum absolute atomic E-state index is 10.6. The molecule has 0 atom stereocenters. The lowest BCUT2D eigenvalue weighted by molar-refractivity contribution is -0.870. The number of halogens is 1. The number of carbonyl (C=O) groups excluding carboxylic acids is 1. The minimum atomic E-state index is -0.151. The standard InChI is InChI=1S/C22H45NO.C6H16N.ClH/c1-2-3-4-5-6-7-8-9-10-11-12-13-14-15-16-17-18-19-20-21-22(23)24;1-5-6-7(2,3)4;/h2-21H2,1H3,(H2,23,24);5-6H2,1-4H3;1H/q;+1;/p-1. The van der Waals surface area contributed by atoms with Crippen molar-refractivity contribution in [2.45, 2.75) is 149 Å². The Labute approximate surface area is 209 Å². The maximum Gasteiger partial charge on any atom is 0.217 e. The van der Waals surface area contributed by atoms with E-state index >= 15 is 0 Å². The first-order chi connectivity index (χ1) is 14.8. The average molecular weight is 477 g/mol. The molecule has 0 aromatic rings. The van der Waals surface area contributed by atoms with Gasteiger partial charge in [0.05, 0.1) is 27.7 Å². The van der Waals surface area contributed by atoms with E-state index in [1.807, 2.05) is 0 Å². The summed E-state index contributed by atoms with van der Waals surface area (Å²) in [7, 11) is 6.64. The number of amides is 1. The van der Waals surface area contributed by atoms with E-state index in [2.05, 4.69) is 35.0 Å². The van der Waals surface area contributed by atoms with Crippen molar-refractivity contribution in [3.05, 3.63) is 0 Å². The van der Waals surface area contributed by atoms with Gasteiger partial charge in [-0.15, -0.1) is 0 Å². The minimum absolute atomic E-state index is 0. The quantitative estimate of drug-likeness (QED) is 0.165. The van der Waals surface area contributed by atoms with Gasteiger partial charge in [0.15, 0.2) is 0 Å². The van der Waals surface area contributed by atoms with E-state index in [1.54, 1.807) is 0 Å². The van der Waals surface area contributed by atoms with Gasteiger partial charge in [-0.2, -0.15) is 0 Å². The molecular weight excluding hydrogens is 416 g/mol. The van der Waals surface area contributed by atoms with Crippen molar-refractivity contribution in [1.82, 2.24) is 0 Å². The smallest absolute Gasteiger partial charge is 0.217 e. The van der Waals surface area contributed by atoms with Crippen LogP contribution >= 0.6 is 0 Å². The molecule has 0 aromatic heterocycles. The fraction of sp³-hybridized carbons (Fsp3) is 0.964. The number of rotatable bonds is 22. The third kappa shape index (κ3) is 40.1. The average Bonchev–Trinajstić information content (AvgIpc) is 2.69.